The van der Waals surface area contributed by atoms with Gasteiger partial charge in [0.2, 0.25) is 0 Å². The van der Waals surface area contributed by atoms with Crippen LogP contribution < -0.4 is 0 Å². The molecular formula is C17H25NO4. The molecule has 0 radical (unpaired) electrons. The Labute approximate surface area is 131 Å². The second kappa shape index (κ2) is 5.00. The molecule has 1 aliphatic heterocycles. The molecule has 2 fully saturated rings. The van der Waals surface area contributed by atoms with E-state index in [-0.39, 0.29) is 23.3 Å². The molecule has 0 aromatic heterocycles. The van der Waals surface area contributed by atoms with Crippen molar-refractivity contribution in [1.29, 1.82) is 0 Å². The number of nitrogens with zero attached hydrogens (tertiary/aromatic N) is 1. The minimum Gasteiger partial charge on any atom is -0.481 e. The Hall–Kier alpha value is -1.52. The van der Waals surface area contributed by atoms with Crippen molar-refractivity contribution in [3.05, 3.63) is 12.2 Å². The van der Waals surface area contributed by atoms with Crippen LogP contribution in [-0.4, -0.2) is 40.8 Å². The number of hydrogen-bond donors (Lipinski definition) is 1. The molecule has 0 aromatic rings. The first-order valence-electron chi connectivity index (χ1n) is 8.12. The predicted octanol–water partition coefficient (Wildman–Crippen LogP) is 2.91. The molecule has 1 saturated heterocycles. The van der Waals surface area contributed by atoms with E-state index in [0.29, 0.717) is 19.0 Å². The monoisotopic (exact) mass is 307 g/mol. The van der Waals surface area contributed by atoms with Crippen LogP contribution in [0.1, 0.15) is 40.0 Å². The van der Waals surface area contributed by atoms with Gasteiger partial charge < -0.3 is 14.7 Å². The van der Waals surface area contributed by atoms with Gasteiger partial charge >= 0.3 is 12.1 Å². The van der Waals surface area contributed by atoms with Crippen LogP contribution in [0.2, 0.25) is 0 Å². The highest BCUT2D eigenvalue weighted by Crippen LogP contribution is 2.61. The number of allylic oxidation sites excluding steroid dienone is 2. The van der Waals surface area contributed by atoms with Crippen molar-refractivity contribution in [1.82, 2.24) is 4.90 Å². The van der Waals surface area contributed by atoms with Gasteiger partial charge in [0.05, 0.1) is 5.92 Å². The molecule has 3 atom stereocenters. The first kappa shape index (κ1) is 15.4. The zero-order valence-electron chi connectivity index (χ0n) is 13.5. The van der Waals surface area contributed by atoms with Crippen LogP contribution in [0.4, 0.5) is 4.79 Å². The van der Waals surface area contributed by atoms with Gasteiger partial charge in [-0.3, -0.25) is 4.79 Å². The van der Waals surface area contributed by atoms with Crippen molar-refractivity contribution in [2.75, 3.05) is 13.1 Å². The fourth-order valence-corrected chi connectivity index (χ4v) is 4.54. The molecule has 1 spiro atoms. The Balaban J connectivity index is 1.65. The quantitative estimate of drug-likeness (QED) is 0.756. The molecular weight excluding hydrogens is 282 g/mol. The maximum Gasteiger partial charge on any atom is 0.410 e. The Morgan fingerprint density at radius 3 is 2.36 bits per heavy atom. The van der Waals surface area contributed by atoms with Crippen molar-refractivity contribution in [2.45, 2.75) is 45.6 Å². The molecule has 1 amide bonds. The predicted molar refractivity (Wildman–Crippen MR) is 81.3 cm³/mol. The number of likely N-dealkylation sites (tertiary alicyclic amines) is 1. The number of carboxylic acids is 1. The number of carbonyl (C=O) groups is 2. The minimum atomic E-state index is -0.675. The van der Waals surface area contributed by atoms with Gasteiger partial charge in [0, 0.05) is 13.1 Å². The summed E-state index contributed by atoms with van der Waals surface area (Å²) in [5, 5.41) is 9.40. The SMILES string of the molecule is CC(C)(C)OC(=O)N1CCC2(CC1)[C@@H]1C=C[C@H]2C(C(=O)O)C1. The average molecular weight is 307 g/mol. The van der Waals surface area contributed by atoms with Gasteiger partial charge in [-0.15, -0.1) is 0 Å². The van der Waals surface area contributed by atoms with Gasteiger partial charge in [-0.2, -0.15) is 0 Å². The van der Waals surface area contributed by atoms with Gasteiger partial charge in [-0.05, 0) is 57.3 Å². The molecule has 122 valence electrons. The Kier molecular flexibility index (Phi) is 3.49. The van der Waals surface area contributed by atoms with Crippen LogP contribution in [-0.2, 0) is 9.53 Å². The molecule has 22 heavy (non-hydrogen) atoms. The lowest BCUT2D eigenvalue weighted by Gasteiger charge is -2.43. The topological polar surface area (TPSA) is 66.8 Å². The van der Waals surface area contributed by atoms with Crippen molar-refractivity contribution >= 4 is 12.1 Å². The van der Waals surface area contributed by atoms with E-state index in [1.165, 1.54) is 0 Å². The lowest BCUT2D eigenvalue weighted by molar-refractivity contribution is -0.143. The highest BCUT2D eigenvalue weighted by molar-refractivity contribution is 5.72. The first-order valence-corrected chi connectivity index (χ1v) is 8.12. The molecule has 5 heteroatoms. The maximum absolute atomic E-state index is 12.2. The van der Waals surface area contributed by atoms with Crippen LogP contribution in [0, 0.1) is 23.2 Å². The molecule has 2 bridgehead atoms. The number of amides is 1. The first-order chi connectivity index (χ1) is 10.2. The van der Waals surface area contributed by atoms with Crippen LogP contribution in [0.3, 0.4) is 0 Å². The summed E-state index contributed by atoms with van der Waals surface area (Å²) in [5.41, 5.74) is -0.421. The summed E-state index contributed by atoms with van der Waals surface area (Å²) in [4.78, 5) is 25.4. The number of carboxylic acid groups (broad SMARTS) is 1. The van der Waals surface area contributed by atoms with Gasteiger partial charge in [0.25, 0.3) is 0 Å². The number of carbonyl (C=O) groups excluding carboxylic acids is 1. The lowest BCUT2D eigenvalue weighted by atomic mass is 9.68. The molecule has 1 unspecified atom stereocenters. The summed E-state index contributed by atoms with van der Waals surface area (Å²) in [6, 6.07) is 0. The van der Waals surface area contributed by atoms with Crippen molar-refractivity contribution in [3.63, 3.8) is 0 Å². The van der Waals surface area contributed by atoms with Crippen molar-refractivity contribution < 1.29 is 19.4 Å². The summed E-state index contributed by atoms with van der Waals surface area (Å²) in [6.45, 7) is 6.94. The average Bonchev–Trinajstić information content (AvgIpc) is 2.90. The van der Waals surface area contributed by atoms with E-state index in [9.17, 15) is 14.7 Å². The second-order valence-electron chi connectivity index (χ2n) is 7.90. The molecule has 0 aromatic carbocycles. The molecule has 3 rings (SSSR count). The third kappa shape index (κ3) is 2.40. The second-order valence-corrected chi connectivity index (χ2v) is 7.90. The van der Waals surface area contributed by atoms with E-state index in [1.54, 1.807) is 4.90 Å². The molecule has 2 aliphatic carbocycles. The van der Waals surface area contributed by atoms with Crippen LogP contribution in [0.15, 0.2) is 12.2 Å². The summed E-state index contributed by atoms with van der Waals surface area (Å²) in [5.74, 6) is -0.427. The highest BCUT2D eigenvalue weighted by Gasteiger charge is 2.58. The standard InChI is InChI=1S/C17H25NO4/c1-16(2,3)22-15(21)18-8-6-17(7-9-18)11-4-5-13(17)12(10-11)14(19)20/h4-5,11-13H,6-10H2,1-3H3,(H,19,20)/t11-,12?,13+/m1/s1. The third-order valence-corrected chi connectivity index (χ3v) is 5.56. The Bertz CT molecular complexity index is 511. The molecule has 1 heterocycles. The smallest absolute Gasteiger partial charge is 0.410 e. The van der Waals surface area contributed by atoms with Crippen molar-refractivity contribution in [3.8, 4) is 0 Å². The summed E-state index contributed by atoms with van der Waals surface area (Å²) >= 11 is 0. The van der Waals surface area contributed by atoms with Gasteiger partial charge in [0.15, 0.2) is 0 Å². The van der Waals surface area contributed by atoms with E-state index < -0.39 is 11.6 Å². The largest absolute Gasteiger partial charge is 0.481 e. The van der Waals surface area contributed by atoms with Gasteiger partial charge in [0.1, 0.15) is 5.60 Å². The number of aliphatic carboxylic acids is 1. The zero-order valence-corrected chi connectivity index (χ0v) is 13.5. The normalized spacial score (nSPS) is 32.5. The maximum atomic E-state index is 12.2. The molecule has 5 nitrogen and oxygen atoms in total. The number of piperidine rings is 1. The summed E-state index contributed by atoms with van der Waals surface area (Å²) < 4.78 is 5.43. The Morgan fingerprint density at radius 1 is 1.23 bits per heavy atom. The van der Waals surface area contributed by atoms with E-state index in [0.717, 1.165) is 19.3 Å². The van der Waals surface area contributed by atoms with Gasteiger partial charge in [-0.25, -0.2) is 4.79 Å². The lowest BCUT2D eigenvalue weighted by Crippen LogP contribution is -2.47. The minimum absolute atomic E-state index is 0.0571. The molecule has 1 N–H and O–H groups in total. The molecule has 1 saturated carbocycles. The van der Waals surface area contributed by atoms with Crippen LogP contribution >= 0.6 is 0 Å². The van der Waals surface area contributed by atoms with E-state index in [2.05, 4.69) is 12.2 Å². The Morgan fingerprint density at radius 2 is 1.86 bits per heavy atom. The van der Waals surface area contributed by atoms with E-state index in [1.807, 2.05) is 20.8 Å². The third-order valence-electron chi connectivity index (χ3n) is 5.56. The summed E-state index contributed by atoms with van der Waals surface area (Å²) in [7, 11) is 0. The number of rotatable bonds is 1. The van der Waals surface area contributed by atoms with E-state index in [4.69, 9.17) is 4.74 Å². The number of ether oxygens (including phenoxy) is 1. The van der Waals surface area contributed by atoms with Gasteiger partial charge in [-0.1, -0.05) is 12.2 Å². The fraction of sp³-hybridized carbons (Fsp3) is 0.765. The van der Waals surface area contributed by atoms with Crippen LogP contribution in [0.5, 0.6) is 0 Å². The summed E-state index contributed by atoms with van der Waals surface area (Å²) in [6.07, 6.45) is 6.55. The number of hydrogen-bond acceptors (Lipinski definition) is 3. The van der Waals surface area contributed by atoms with E-state index >= 15 is 0 Å². The molecule has 3 aliphatic rings. The highest BCUT2D eigenvalue weighted by atomic mass is 16.6. The van der Waals surface area contributed by atoms with Crippen molar-refractivity contribution in [2.24, 2.45) is 23.2 Å². The van der Waals surface area contributed by atoms with Crippen LogP contribution in [0.25, 0.3) is 0 Å². The fourth-order valence-electron chi connectivity index (χ4n) is 4.54. The zero-order chi connectivity index (χ0) is 16.1.